The number of rotatable bonds is 4. The van der Waals surface area contributed by atoms with Gasteiger partial charge in [-0.1, -0.05) is 13.8 Å². The maximum Gasteiger partial charge on any atom is 0.490 e. The number of alkyl halides is 3. The molecule has 0 aliphatic carbocycles. The second-order valence-corrected chi connectivity index (χ2v) is 10.9. The molecule has 0 saturated carbocycles. The van der Waals surface area contributed by atoms with Gasteiger partial charge in [0.1, 0.15) is 0 Å². The Kier molecular flexibility index (Phi) is 7.77. The Balaban J connectivity index is 0.000000423. The van der Waals surface area contributed by atoms with Gasteiger partial charge in [-0.05, 0) is 30.8 Å². The number of carbonyl (C=O) groups excluding carboxylic acids is 1. The van der Waals surface area contributed by atoms with Crippen molar-refractivity contribution in [1.82, 2.24) is 9.21 Å². The number of piperazine rings is 1. The first-order chi connectivity index (χ1) is 14.2. The molecule has 176 valence electrons. The van der Waals surface area contributed by atoms with Crippen LogP contribution in [0.25, 0.3) is 0 Å². The van der Waals surface area contributed by atoms with Gasteiger partial charge in [0.25, 0.3) is 0 Å². The molecule has 0 bridgehead atoms. The van der Waals surface area contributed by atoms with E-state index < -0.39 is 22.2 Å². The second-order valence-electron chi connectivity index (χ2n) is 8.10. The molecule has 31 heavy (non-hydrogen) atoms. The summed E-state index contributed by atoms with van der Waals surface area (Å²) >= 11 is 1.56. The van der Waals surface area contributed by atoms with Crippen LogP contribution in [0.2, 0.25) is 0 Å². The lowest BCUT2D eigenvalue weighted by Gasteiger charge is -2.46. The normalized spacial score (nSPS) is 23.3. The average Bonchev–Trinajstić information content (AvgIpc) is 3.28. The number of anilines is 1. The Morgan fingerprint density at radius 3 is 2.42 bits per heavy atom. The molecule has 3 rings (SSSR count). The first-order valence-corrected chi connectivity index (χ1v) is 12.0. The highest BCUT2D eigenvalue weighted by atomic mass is 32.2. The molecule has 13 heteroatoms. The number of aliphatic carboxylic acids is 1. The van der Waals surface area contributed by atoms with E-state index in [1.54, 1.807) is 15.6 Å². The van der Waals surface area contributed by atoms with Crippen LogP contribution in [0.3, 0.4) is 0 Å². The summed E-state index contributed by atoms with van der Waals surface area (Å²) in [6, 6.07) is 1.95. The van der Waals surface area contributed by atoms with Gasteiger partial charge < -0.3 is 10.0 Å². The molecule has 3 heterocycles. The molecule has 2 fully saturated rings. The fraction of sp³-hybridized carbons (Fsp3) is 0.667. The number of carbonyl (C=O) groups is 2. The van der Waals surface area contributed by atoms with Gasteiger partial charge in [-0.2, -0.15) is 28.8 Å². The number of carboxylic acid groups (broad SMARTS) is 1. The van der Waals surface area contributed by atoms with Crippen molar-refractivity contribution in [3.05, 3.63) is 16.8 Å². The maximum absolute atomic E-state index is 12.6. The van der Waals surface area contributed by atoms with E-state index in [1.165, 1.54) is 0 Å². The number of halogens is 3. The Hall–Kier alpha value is -1.70. The lowest BCUT2D eigenvalue weighted by Crippen LogP contribution is -2.64. The third-order valence-electron chi connectivity index (χ3n) is 5.23. The van der Waals surface area contributed by atoms with Crippen molar-refractivity contribution in [3.63, 3.8) is 0 Å². The first kappa shape index (κ1) is 25.6. The molecule has 2 saturated heterocycles. The van der Waals surface area contributed by atoms with Crippen molar-refractivity contribution in [3.8, 4) is 0 Å². The van der Waals surface area contributed by atoms with Crippen LogP contribution >= 0.6 is 11.3 Å². The molecule has 1 unspecified atom stereocenters. The number of hydrogen-bond acceptors (Lipinski definition) is 6. The molecule has 2 aliphatic heterocycles. The highest BCUT2D eigenvalue weighted by Gasteiger charge is 2.50. The molecular weight excluding hydrogens is 459 g/mol. The van der Waals surface area contributed by atoms with E-state index in [0.29, 0.717) is 26.2 Å². The topological polar surface area (TPSA) is 98.2 Å². The van der Waals surface area contributed by atoms with Gasteiger partial charge in [-0.3, -0.25) is 9.69 Å². The van der Waals surface area contributed by atoms with Crippen LogP contribution < -0.4 is 4.90 Å². The maximum atomic E-state index is 12.6. The summed E-state index contributed by atoms with van der Waals surface area (Å²) in [5, 5.41) is 11.1. The van der Waals surface area contributed by atoms with Crippen molar-refractivity contribution in [2.45, 2.75) is 32.0 Å². The van der Waals surface area contributed by atoms with Gasteiger partial charge in [0.2, 0.25) is 15.9 Å². The number of sulfonamides is 1. The van der Waals surface area contributed by atoms with Crippen molar-refractivity contribution in [2.24, 2.45) is 5.92 Å². The van der Waals surface area contributed by atoms with Crippen molar-refractivity contribution in [1.29, 1.82) is 0 Å². The molecular formula is C18H26F3N3O5S2. The summed E-state index contributed by atoms with van der Waals surface area (Å²) in [7, 11) is -1.31. The Morgan fingerprint density at radius 2 is 1.94 bits per heavy atom. The molecule has 1 amide bonds. The zero-order valence-corrected chi connectivity index (χ0v) is 19.1. The van der Waals surface area contributed by atoms with Crippen LogP contribution in [0, 0.1) is 5.92 Å². The van der Waals surface area contributed by atoms with Gasteiger partial charge in [0.15, 0.2) is 0 Å². The summed E-state index contributed by atoms with van der Waals surface area (Å²) < 4.78 is 58.5. The van der Waals surface area contributed by atoms with Crippen molar-refractivity contribution >= 4 is 38.9 Å². The molecule has 1 aromatic rings. The van der Waals surface area contributed by atoms with Gasteiger partial charge in [0.05, 0.1) is 23.5 Å². The first-order valence-electron chi connectivity index (χ1n) is 9.50. The zero-order valence-electron chi connectivity index (χ0n) is 17.4. The number of carboxylic acids is 1. The van der Waals surface area contributed by atoms with E-state index in [4.69, 9.17) is 9.90 Å². The Bertz CT molecular complexity index is 890. The fourth-order valence-corrected chi connectivity index (χ4v) is 6.13. The summed E-state index contributed by atoms with van der Waals surface area (Å²) in [5.41, 5.74) is 0.626. The lowest BCUT2D eigenvalue weighted by atomic mass is 9.93. The number of hydrogen-bond donors (Lipinski definition) is 1. The van der Waals surface area contributed by atoms with Gasteiger partial charge in [-0.15, -0.1) is 0 Å². The summed E-state index contributed by atoms with van der Waals surface area (Å²) in [6.07, 6.45) is -4.32. The minimum absolute atomic E-state index is 0.0741. The van der Waals surface area contributed by atoms with Crippen LogP contribution in [0.5, 0.6) is 0 Å². The van der Waals surface area contributed by atoms with E-state index in [0.717, 1.165) is 12.1 Å². The summed E-state index contributed by atoms with van der Waals surface area (Å²) in [5.74, 6) is -2.39. The molecule has 2 aliphatic rings. The standard InChI is InChI=1S/C16H25N3O3S2.C2HF3O2/c1-13(2)10-24(21,22)18-6-5-16(11-18)12-19(14-4-7-23-9-14)15(20)8-17(16)3;3-2(4,5)1(6)7/h4,7,9,13H,5-6,8,10-12H2,1-3H3;(H,6,7). The number of nitrogens with zero attached hydrogens (tertiary/aromatic N) is 3. The van der Waals surface area contributed by atoms with E-state index in [9.17, 15) is 26.4 Å². The molecule has 1 spiro atoms. The minimum Gasteiger partial charge on any atom is -0.475 e. The van der Waals surface area contributed by atoms with Crippen LogP contribution in [-0.4, -0.2) is 85.3 Å². The molecule has 1 atom stereocenters. The highest BCUT2D eigenvalue weighted by molar-refractivity contribution is 7.89. The van der Waals surface area contributed by atoms with Crippen LogP contribution in [0.15, 0.2) is 16.8 Å². The zero-order chi connectivity index (χ0) is 23.6. The molecule has 1 N–H and O–H groups in total. The molecule has 8 nitrogen and oxygen atoms in total. The van der Waals surface area contributed by atoms with E-state index in [2.05, 4.69) is 0 Å². The minimum atomic E-state index is -5.08. The number of amides is 1. The lowest BCUT2D eigenvalue weighted by molar-refractivity contribution is -0.192. The Morgan fingerprint density at radius 1 is 1.32 bits per heavy atom. The predicted molar refractivity (Wildman–Crippen MR) is 111 cm³/mol. The number of thiophene rings is 1. The Labute approximate surface area is 183 Å². The highest BCUT2D eigenvalue weighted by Crippen LogP contribution is 2.35. The van der Waals surface area contributed by atoms with Crippen molar-refractivity contribution in [2.75, 3.05) is 43.9 Å². The SMILES string of the molecule is CC(C)CS(=O)(=O)N1CCC2(CN(c3ccsc3)C(=O)CN2C)C1.O=C(O)C(F)(F)F. The van der Waals surface area contributed by atoms with E-state index in [-0.39, 0.29) is 23.1 Å². The smallest absolute Gasteiger partial charge is 0.475 e. The third kappa shape index (κ3) is 6.18. The molecule has 0 radical (unpaired) electrons. The average molecular weight is 486 g/mol. The summed E-state index contributed by atoms with van der Waals surface area (Å²) in [4.78, 5) is 25.2. The monoisotopic (exact) mass is 485 g/mol. The van der Waals surface area contributed by atoms with Crippen LogP contribution in [0.4, 0.5) is 18.9 Å². The molecule has 0 aromatic carbocycles. The largest absolute Gasteiger partial charge is 0.490 e. The second kappa shape index (κ2) is 9.43. The van der Waals surface area contributed by atoms with Gasteiger partial charge in [0, 0.05) is 25.0 Å². The van der Waals surface area contributed by atoms with Crippen LogP contribution in [-0.2, 0) is 19.6 Å². The van der Waals surface area contributed by atoms with Crippen molar-refractivity contribution < 1.29 is 36.3 Å². The quantitative estimate of drug-likeness (QED) is 0.702. The third-order valence-corrected chi connectivity index (χ3v) is 8.09. The summed E-state index contributed by atoms with van der Waals surface area (Å²) in [6.45, 7) is 5.72. The van der Waals surface area contributed by atoms with Gasteiger partial charge in [-0.25, -0.2) is 13.2 Å². The van der Waals surface area contributed by atoms with Crippen LogP contribution in [0.1, 0.15) is 20.3 Å². The predicted octanol–water partition coefficient (Wildman–Crippen LogP) is 2.09. The number of likely N-dealkylation sites (N-methyl/N-ethyl adjacent to an activating group) is 1. The van der Waals surface area contributed by atoms with Gasteiger partial charge >= 0.3 is 12.1 Å². The molecule has 1 aromatic heterocycles. The van der Waals surface area contributed by atoms with E-state index >= 15 is 0 Å². The van der Waals surface area contributed by atoms with E-state index in [1.807, 2.05) is 47.5 Å². The fourth-order valence-electron chi connectivity index (χ4n) is 3.63.